The number of hydrogen-bond acceptors (Lipinski definition) is 4. The molecule has 2 aliphatic heterocycles. The van der Waals surface area contributed by atoms with Gasteiger partial charge in [-0.3, -0.25) is 0 Å². The molecule has 6 heteroatoms. The summed E-state index contributed by atoms with van der Waals surface area (Å²) in [6, 6.07) is -0.00783. The van der Waals surface area contributed by atoms with Crippen LogP contribution in [0.25, 0.3) is 0 Å². The van der Waals surface area contributed by atoms with Gasteiger partial charge in [-0.1, -0.05) is 13.3 Å². The van der Waals surface area contributed by atoms with E-state index in [2.05, 4.69) is 6.92 Å². The van der Waals surface area contributed by atoms with Crippen molar-refractivity contribution >= 4 is 10.0 Å². The maximum Gasteiger partial charge on any atom is 0.217 e. The number of nitrogens with zero attached hydrogens (tertiary/aromatic N) is 1. The van der Waals surface area contributed by atoms with Gasteiger partial charge in [0.25, 0.3) is 0 Å². The molecule has 2 unspecified atom stereocenters. The lowest BCUT2D eigenvalue weighted by molar-refractivity contribution is 0.0956. The first kappa shape index (κ1) is 15.2. The van der Waals surface area contributed by atoms with E-state index in [1.54, 1.807) is 4.31 Å². The molecule has 19 heavy (non-hydrogen) atoms. The zero-order valence-electron chi connectivity index (χ0n) is 11.8. The van der Waals surface area contributed by atoms with Gasteiger partial charge in [-0.15, -0.1) is 0 Å². The predicted octanol–water partition coefficient (Wildman–Crippen LogP) is 0.945. The summed E-state index contributed by atoms with van der Waals surface area (Å²) in [6.07, 6.45) is 4.23. The summed E-state index contributed by atoms with van der Waals surface area (Å²) in [5, 5.41) is -0.270. The van der Waals surface area contributed by atoms with Crippen LogP contribution in [0, 0.1) is 5.92 Å². The van der Waals surface area contributed by atoms with Crippen LogP contribution >= 0.6 is 0 Å². The van der Waals surface area contributed by atoms with E-state index in [0.717, 1.165) is 19.3 Å². The zero-order valence-corrected chi connectivity index (χ0v) is 12.6. The van der Waals surface area contributed by atoms with E-state index >= 15 is 0 Å². The molecule has 2 rings (SSSR count). The first-order chi connectivity index (χ1) is 9.09. The van der Waals surface area contributed by atoms with Gasteiger partial charge < -0.3 is 10.5 Å². The van der Waals surface area contributed by atoms with Crippen LogP contribution in [0.5, 0.6) is 0 Å². The summed E-state index contributed by atoms with van der Waals surface area (Å²) in [5.74, 6) is 0.620. The summed E-state index contributed by atoms with van der Waals surface area (Å²) in [4.78, 5) is 0. The summed E-state index contributed by atoms with van der Waals surface area (Å²) in [7, 11) is -3.20. The molecule has 0 amide bonds. The summed E-state index contributed by atoms with van der Waals surface area (Å²) < 4.78 is 32.4. The van der Waals surface area contributed by atoms with Gasteiger partial charge in [0.05, 0.1) is 5.25 Å². The SMILES string of the molecule is CCC1CCN(S(=O)(=O)C2CCOCC2)C(CN)C1. The summed E-state index contributed by atoms with van der Waals surface area (Å²) >= 11 is 0. The minimum absolute atomic E-state index is 0.00783. The fourth-order valence-corrected chi connectivity index (χ4v) is 5.32. The molecule has 2 N–H and O–H groups in total. The maximum atomic E-state index is 12.7. The van der Waals surface area contributed by atoms with Crippen molar-refractivity contribution in [2.24, 2.45) is 11.7 Å². The second kappa shape index (κ2) is 6.52. The normalized spacial score (nSPS) is 31.5. The molecule has 5 nitrogen and oxygen atoms in total. The molecule has 2 atom stereocenters. The molecular weight excluding hydrogens is 264 g/mol. The predicted molar refractivity (Wildman–Crippen MR) is 75.3 cm³/mol. The van der Waals surface area contributed by atoms with Crippen LogP contribution in [0.15, 0.2) is 0 Å². The molecule has 0 spiro atoms. The average Bonchev–Trinajstić information content (AvgIpc) is 2.47. The number of ether oxygens (including phenoxy) is 1. The Morgan fingerprint density at radius 1 is 1.26 bits per heavy atom. The Morgan fingerprint density at radius 2 is 1.95 bits per heavy atom. The van der Waals surface area contributed by atoms with Crippen molar-refractivity contribution in [1.29, 1.82) is 0 Å². The molecule has 0 aromatic carbocycles. The molecule has 2 saturated heterocycles. The van der Waals surface area contributed by atoms with Crippen molar-refractivity contribution < 1.29 is 13.2 Å². The number of piperidine rings is 1. The third-order valence-electron chi connectivity index (χ3n) is 4.54. The van der Waals surface area contributed by atoms with Crippen LogP contribution < -0.4 is 5.73 Å². The molecule has 112 valence electrons. The fourth-order valence-electron chi connectivity index (χ4n) is 3.20. The van der Waals surface area contributed by atoms with Crippen LogP contribution in [0.1, 0.15) is 39.0 Å². The van der Waals surface area contributed by atoms with E-state index in [0.29, 0.717) is 45.1 Å². The molecule has 0 saturated carbocycles. The number of rotatable bonds is 4. The molecule has 0 aromatic rings. The van der Waals surface area contributed by atoms with Crippen molar-refractivity contribution in [3.8, 4) is 0 Å². The van der Waals surface area contributed by atoms with Gasteiger partial charge in [-0.05, 0) is 31.6 Å². The number of hydrogen-bond donors (Lipinski definition) is 1. The quantitative estimate of drug-likeness (QED) is 0.836. The third-order valence-corrected chi connectivity index (χ3v) is 6.98. The smallest absolute Gasteiger partial charge is 0.217 e. The summed E-state index contributed by atoms with van der Waals surface area (Å²) in [5.41, 5.74) is 5.81. The Kier molecular flexibility index (Phi) is 5.22. The van der Waals surface area contributed by atoms with E-state index < -0.39 is 10.0 Å². The molecule has 2 aliphatic rings. The monoisotopic (exact) mass is 290 g/mol. The Balaban J connectivity index is 2.10. The van der Waals surface area contributed by atoms with E-state index in [9.17, 15) is 8.42 Å². The van der Waals surface area contributed by atoms with Gasteiger partial charge in [0.15, 0.2) is 0 Å². The second-order valence-corrected chi connectivity index (χ2v) is 7.82. The first-order valence-electron chi connectivity index (χ1n) is 7.38. The highest BCUT2D eigenvalue weighted by atomic mass is 32.2. The lowest BCUT2D eigenvalue weighted by atomic mass is 9.90. The van der Waals surface area contributed by atoms with Gasteiger partial charge >= 0.3 is 0 Å². The Labute approximate surface area is 116 Å². The molecule has 0 aliphatic carbocycles. The molecule has 0 aromatic heterocycles. The highest BCUT2D eigenvalue weighted by Crippen LogP contribution is 2.30. The summed E-state index contributed by atoms with van der Waals surface area (Å²) in [6.45, 7) is 4.35. The van der Waals surface area contributed by atoms with E-state index in [4.69, 9.17) is 10.5 Å². The molecule has 0 radical (unpaired) electrons. The van der Waals surface area contributed by atoms with Crippen LogP contribution in [-0.4, -0.2) is 50.3 Å². The van der Waals surface area contributed by atoms with Gasteiger partial charge in [0.1, 0.15) is 0 Å². The zero-order chi connectivity index (χ0) is 13.9. The largest absolute Gasteiger partial charge is 0.381 e. The molecule has 2 heterocycles. The maximum absolute atomic E-state index is 12.7. The lowest BCUT2D eigenvalue weighted by Crippen LogP contribution is -2.53. The first-order valence-corrected chi connectivity index (χ1v) is 8.88. The van der Waals surface area contributed by atoms with Gasteiger partial charge in [0, 0.05) is 32.3 Å². The highest BCUT2D eigenvalue weighted by molar-refractivity contribution is 7.89. The minimum Gasteiger partial charge on any atom is -0.381 e. The molecule has 2 fully saturated rings. The second-order valence-electron chi connectivity index (χ2n) is 5.66. The van der Waals surface area contributed by atoms with Crippen molar-refractivity contribution in [2.45, 2.75) is 50.3 Å². The highest BCUT2D eigenvalue weighted by Gasteiger charge is 2.39. The van der Waals surface area contributed by atoms with E-state index in [-0.39, 0.29) is 11.3 Å². The van der Waals surface area contributed by atoms with E-state index in [1.807, 2.05) is 0 Å². The third kappa shape index (κ3) is 3.29. The standard InChI is InChI=1S/C13H26N2O3S/c1-2-11-3-6-15(12(9-11)10-14)19(16,17)13-4-7-18-8-5-13/h11-13H,2-10,14H2,1H3. The van der Waals surface area contributed by atoms with Gasteiger partial charge in [0.2, 0.25) is 10.0 Å². The Bertz CT molecular complexity index is 379. The van der Waals surface area contributed by atoms with Crippen LogP contribution in [0.4, 0.5) is 0 Å². The lowest BCUT2D eigenvalue weighted by Gasteiger charge is -2.40. The van der Waals surface area contributed by atoms with Crippen LogP contribution in [-0.2, 0) is 14.8 Å². The Morgan fingerprint density at radius 3 is 2.53 bits per heavy atom. The molecular formula is C13H26N2O3S. The van der Waals surface area contributed by atoms with Crippen LogP contribution in [0.2, 0.25) is 0 Å². The average molecular weight is 290 g/mol. The van der Waals surface area contributed by atoms with Crippen LogP contribution in [0.3, 0.4) is 0 Å². The number of sulfonamides is 1. The van der Waals surface area contributed by atoms with Gasteiger partial charge in [-0.25, -0.2) is 8.42 Å². The number of nitrogens with two attached hydrogens (primary N) is 1. The van der Waals surface area contributed by atoms with Crippen molar-refractivity contribution in [2.75, 3.05) is 26.3 Å². The van der Waals surface area contributed by atoms with Crippen molar-refractivity contribution in [3.63, 3.8) is 0 Å². The topological polar surface area (TPSA) is 72.6 Å². The fraction of sp³-hybridized carbons (Fsp3) is 1.00. The van der Waals surface area contributed by atoms with Crippen molar-refractivity contribution in [1.82, 2.24) is 4.31 Å². The minimum atomic E-state index is -3.20. The molecule has 0 bridgehead atoms. The van der Waals surface area contributed by atoms with Gasteiger partial charge in [-0.2, -0.15) is 4.31 Å². The van der Waals surface area contributed by atoms with E-state index in [1.165, 1.54) is 0 Å². The Hall–Kier alpha value is -0.170. The van der Waals surface area contributed by atoms with Crippen molar-refractivity contribution in [3.05, 3.63) is 0 Å².